The molecule has 3 amide bonds. The Kier molecular flexibility index (Phi) is 9.92. The van der Waals surface area contributed by atoms with Crippen molar-refractivity contribution >= 4 is 29.6 Å². The molecule has 40 heavy (non-hydrogen) atoms. The highest BCUT2D eigenvalue weighted by Gasteiger charge is 2.36. The van der Waals surface area contributed by atoms with Crippen LogP contribution in [0.25, 0.3) is 0 Å². The van der Waals surface area contributed by atoms with Crippen LogP contribution in [0.4, 0.5) is 10.5 Å². The maximum Gasteiger partial charge on any atom is 0.419 e. The average molecular weight is 553 g/mol. The van der Waals surface area contributed by atoms with Crippen molar-refractivity contribution in [2.45, 2.75) is 32.5 Å². The van der Waals surface area contributed by atoms with Crippen molar-refractivity contribution in [3.05, 3.63) is 54.1 Å². The zero-order valence-corrected chi connectivity index (χ0v) is 22.9. The Morgan fingerprint density at radius 3 is 2.58 bits per heavy atom. The molecule has 2 aromatic carbocycles. The molecule has 2 aliphatic heterocycles. The number of amides is 3. The van der Waals surface area contributed by atoms with Crippen molar-refractivity contribution < 1.29 is 28.6 Å². The lowest BCUT2D eigenvalue weighted by Crippen LogP contribution is -2.62. The van der Waals surface area contributed by atoms with E-state index in [1.54, 1.807) is 53.2 Å². The summed E-state index contributed by atoms with van der Waals surface area (Å²) in [5.41, 5.74) is 7.29. The minimum absolute atomic E-state index is 0.0768. The van der Waals surface area contributed by atoms with Gasteiger partial charge in [-0.15, -0.1) is 0 Å². The van der Waals surface area contributed by atoms with Crippen LogP contribution in [0.2, 0.25) is 0 Å². The Morgan fingerprint density at radius 2 is 1.88 bits per heavy atom. The lowest BCUT2D eigenvalue weighted by Gasteiger charge is -2.42. The number of nitrogens with two attached hydrogens (primary N) is 1. The minimum atomic E-state index is -0.876. The van der Waals surface area contributed by atoms with Gasteiger partial charge in [0.25, 0.3) is 5.91 Å². The molecule has 0 aliphatic carbocycles. The largest absolute Gasteiger partial charge is 0.494 e. The second-order valence-corrected chi connectivity index (χ2v) is 9.47. The molecule has 2 aliphatic rings. The maximum atomic E-state index is 12.8. The summed E-state index contributed by atoms with van der Waals surface area (Å²) in [6.07, 6.45) is -0.629. The second-order valence-electron chi connectivity index (χ2n) is 9.47. The number of fused-ring (bicyclic) bond motifs is 1. The van der Waals surface area contributed by atoms with Crippen molar-refractivity contribution in [3.8, 4) is 11.5 Å². The summed E-state index contributed by atoms with van der Waals surface area (Å²) in [5.74, 6) is 0.634. The number of hydrogen-bond donors (Lipinski definition) is 2. The molecule has 0 bridgehead atoms. The van der Waals surface area contributed by atoms with Gasteiger partial charge in [-0.2, -0.15) is 0 Å². The van der Waals surface area contributed by atoms with Crippen molar-refractivity contribution in [1.82, 2.24) is 20.0 Å². The lowest BCUT2D eigenvalue weighted by molar-refractivity contribution is -0.131. The van der Waals surface area contributed by atoms with E-state index in [9.17, 15) is 14.4 Å². The van der Waals surface area contributed by atoms with Gasteiger partial charge in [0.15, 0.2) is 6.17 Å². The van der Waals surface area contributed by atoms with Gasteiger partial charge in [0.05, 0.1) is 32.1 Å². The first-order valence-electron chi connectivity index (χ1n) is 13.4. The summed E-state index contributed by atoms with van der Waals surface area (Å²) in [4.78, 5) is 47.4. The van der Waals surface area contributed by atoms with Crippen LogP contribution >= 0.6 is 0 Å². The third kappa shape index (κ3) is 7.48. The quantitative estimate of drug-likeness (QED) is 0.427. The van der Waals surface area contributed by atoms with E-state index in [2.05, 4.69) is 10.3 Å². The number of nitrogens with zero attached hydrogens (tertiary/aromatic N) is 4. The van der Waals surface area contributed by atoms with Crippen LogP contribution in [-0.2, 0) is 20.9 Å². The van der Waals surface area contributed by atoms with Gasteiger partial charge in [0.1, 0.15) is 11.5 Å². The number of nitrogens with one attached hydrogen (secondary N) is 1. The Labute approximate surface area is 233 Å². The predicted octanol–water partition coefficient (Wildman–Crippen LogP) is 2.06. The molecule has 4 rings (SSSR count). The highest BCUT2D eigenvalue weighted by atomic mass is 16.6. The molecule has 2 aromatic rings. The topological polar surface area (TPSA) is 139 Å². The van der Waals surface area contributed by atoms with Crippen LogP contribution in [-0.4, -0.2) is 91.2 Å². The van der Waals surface area contributed by atoms with E-state index in [-0.39, 0.29) is 18.4 Å². The number of morpholine rings is 1. The van der Waals surface area contributed by atoms with E-state index < -0.39 is 18.2 Å². The summed E-state index contributed by atoms with van der Waals surface area (Å²) in [5, 5.41) is 2.70. The Bertz CT molecular complexity index is 1220. The maximum absolute atomic E-state index is 12.8. The molecule has 12 heteroatoms. The third-order valence-corrected chi connectivity index (χ3v) is 6.70. The fourth-order valence-corrected chi connectivity index (χ4v) is 4.47. The number of para-hydroxylation sites is 1. The number of primary amides is 1. The third-order valence-electron chi connectivity index (χ3n) is 6.70. The molecule has 1 unspecified atom stereocenters. The standard InChI is InChI=1S/C28H36N6O6/c1-3-32(2)24(35)10-7-15-39-22-11-12-23-20(18-22)19-34(26(25(29)36)33-13-16-38-17-14-33)27(30-23)31-28(37)40-21-8-5-4-6-9-21/h4-6,8-9,11-12,18,26H,3,7,10,13-17,19H2,1-2H3,(H2,29,36)(H,30,31,37). The van der Waals surface area contributed by atoms with Crippen LogP contribution in [0.3, 0.4) is 0 Å². The van der Waals surface area contributed by atoms with Crippen LogP contribution in [0.15, 0.2) is 53.5 Å². The van der Waals surface area contributed by atoms with E-state index >= 15 is 0 Å². The van der Waals surface area contributed by atoms with E-state index in [4.69, 9.17) is 19.9 Å². The monoisotopic (exact) mass is 552 g/mol. The van der Waals surface area contributed by atoms with Crippen LogP contribution in [0.5, 0.6) is 11.5 Å². The van der Waals surface area contributed by atoms with Crippen molar-refractivity contribution in [3.63, 3.8) is 0 Å². The van der Waals surface area contributed by atoms with Crippen molar-refractivity contribution in [2.75, 3.05) is 46.5 Å². The molecule has 214 valence electrons. The lowest BCUT2D eigenvalue weighted by atomic mass is 10.1. The zero-order valence-electron chi connectivity index (χ0n) is 22.9. The van der Waals surface area contributed by atoms with Crippen LogP contribution in [0, 0.1) is 0 Å². The Hall–Kier alpha value is -4.16. The molecule has 12 nitrogen and oxygen atoms in total. The number of ether oxygens (including phenoxy) is 3. The molecule has 0 saturated carbocycles. The molecule has 1 atom stereocenters. The normalized spacial score (nSPS) is 15.8. The van der Waals surface area contributed by atoms with Gasteiger partial charge >= 0.3 is 6.09 Å². The van der Waals surface area contributed by atoms with Crippen molar-refractivity contribution in [1.29, 1.82) is 0 Å². The molecule has 3 N–H and O–H groups in total. The van der Waals surface area contributed by atoms with E-state index in [1.165, 1.54) is 0 Å². The molecule has 1 fully saturated rings. The first kappa shape index (κ1) is 28.8. The number of hydrogen-bond acceptors (Lipinski definition) is 9. The highest BCUT2D eigenvalue weighted by Crippen LogP contribution is 2.31. The molecule has 0 spiro atoms. The summed E-state index contributed by atoms with van der Waals surface area (Å²) >= 11 is 0. The predicted molar refractivity (Wildman–Crippen MR) is 148 cm³/mol. The fraction of sp³-hybridized carbons (Fsp3) is 0.429. The van der Waals surface area contributed by atoms with E-state index in [1.807, 2.05) is 24.0 Å². The average Bonchev–Trinajstić information content (AvgIpc) is 2.96. The summed E-state index contributed by atoms with van der Waals surface area (Å²) in [7, 11) is 1.78. The number of aliphatic imine (C=N–C) groups is 1. The summed E-state index contributed by atoms with van der Waals surface area (Å²) < 4.78 is 16.8. The molecular weight excluding hydrogens is 516 g/mol. The molecule has 0 radical (unpaired) electrons. The van der Waals surface area contributed by atoms with Gasteiger partial charge in [0.2, 0.25) is 11.9 Å². The summed E-state index contributed by atoms with van der Waals surface area (Å²) in [6.45, 7) is 5.12. The molecule has 0 aromatic heterocycles. The van der Waals surface area contributed by atoms with Crippen molar-refractivity contribution in [2.24, 2.45) is 10.7 Å². The highest BCUT2D eigenvalue weighted by molar-refractivity contribution is 5.99. The first-order valence-corrected chi connectivity index (χ1v) is 13.4. The van der Waals surface area contributed by atoms with Gasteiger partial charge in [-0.05, 0) is 43.7 Å². The molecule has 2 heterocycles. The first-order chi connectivity index (χ1) is 19.4. The van der Waals surface area contributed by atoms with E-state index in [0.717, 1.165) is 5.56 Å². The number of benzene rings is 2. The summed E-state index contributed by atoms with van der Waals surface area (Å²) in [6, 6.07) is 14.1. The van der Waals surface area contributed by atoms with Gasteiger partial charge < -0.3 is 29.7 Å². The molecule has 1 saturated heterocycles. The minimum Gasteiger partial charge on any atom is -0.494 e. The number of carbonyl (C=O) groups excluding carboxylic acids is 3. The van der Waals surface area contributed by atoms with Gasteiger partial charge in [0, 0.05) is 38.7 Å². The Morgan fingerprint density at radius 1 is 1.12 bits per heavy atom. The van der Waals surface area contributed by atoms with E-state index in [0.29, 0.717) is 69.5 Å². The second kappa shape index (κ2) is 13.8. The zero-order chi connectivity index (χ0) is 28.5. The van der Waals surface area contributed by atoms with Crippen LogP contribution < -0.4 is 20.5 Å². The fourth-order valence-electron chi connectivity index (χ4n) is 4.47. The number of rotatable bonds is 10. The smallest absolute Gasteiger partial charge is 0.419 e. The van der Waals surface area contributed by atoms with Gasteiger partial charge in [-0.3, -0.25) is 19.8 Å². The van der Waals surface area contributed by atoms with Crippen LogP contribution in [0.1, 0.15) is 25.3 Å². The number of carbonyl (C=O) groups is 3. The SMILES string of the molecule is CCN(C)C(=O)CCCOc1ccc2c(c1)CN(C(C(N)=O)N1CCOCC1)C(NC(=O)Oc1ccccc1)=N2. The van der Waals surface area contributed by atoms with Gasteiger partial charge in [-0.25, -0.2) is 9.79 Å². The Balaban J connectivity index is 1.53. The molecular formula is C28H36N6O6. The number of guanidine groups is 1. The van der Waals surface area contributed by atoms with Gasteiger partial charge in [-0.1, -0.05) is 18.2 Å².